The smallest absolute Gasteiger partial charge is 0.337 e. The van der Waals surface area contributed by atoms with Gasteiger partial charge in [-0.15, -0.1) is 0 Å². The zero-order chi connectivity index (χ0) is 30.9. The molecule has 1 N–H and O–H groups in total. The van der Waals surface area contributed by atoms with E-state index in [-0.39, 0.29) is 29.6 Å². The molecule has 6 atom stereocenters. The lowest BCUT2D eigenvalue weighted by molar-refractivity contribution is -0.132. The Labute approximate surface area is 262 Å². The van der Waals surface area contributed by atoms with E-state index in [0.29, 0.717) is 30.6 Å². The Morgan fingerprint density at radius 3 is 2.67 bits per heavy atom. The number of esters is 1. The Morgan fingerprint density at radius 2 is 1.98 bits per heavy atom. The van der Waals surface area contributed by atoms with E-state index in [2.05, 4.69) is 17.0 Å². The molecule has 1 spiro atoms. The van der Waals surface area contributed by atoms with Crippen LogP contribution in [0.3, 0.4) is 0 Å². The van der Waals surface area contributed by atoms with Gasteiger partial charge in [-0.25, -0.2) is 9.00 Å². The van der Waals surface area contributed by atoms with E-state index in [1.807, 2.05) is 32.2 Å². The number of aryl methyl sites for hydroxylation is 1. The number of ether oxygens (including phenoxy) is 2. The molecule has 0 bridgehead atoms. The summed E-state index contributed by atoms with van der Waals surface area (Å²) < 4.78 is 32.5. The van der Waals surface area contributed by atoms with Crippen LogP contribution in [0.1, 0.15) is 67.4 Å². The predicted octanol–water partition coefficient (Wildman–Crippen LogP) is 5.72. The van der Waals surface area contributed by atoms with Gasteiger partial charge in [0.15, 0.2) is 11.1 Å². The van der Waals surface area contributed by atoms with Crippen LogP contribution in [0.25, 0.3) is 0 Å². The standard InChI is InChI=1S/C33H43ClN2O6S/c1-21(22(2)43(39)40)14-31(37)35(3)17-25-7-8-26(25)18-36-19-33(13-5-6-23-15-27(34)10-11-28(23)33)20-42-30-12-9-24(16-29(30)36)32(38)41-4/h9-12,15-16,21-22,25-26H,5-8,13-14,17-20H2,1-4H3,(H,39,40)/t21-,22+,25-,26-,33-/m0/s1. The Morgan fingerprint density at radius 1 is 1.21 bits per heavy atom. The van der Waals surface area contributed by atoms with Crippen molar-refractivity contribution in [2.24, 2.45) is 17.8 Å². The van der Waals surface area contributed by atoms with Gasteiger partial charge >= 0.3 is 5.97 Å². The molecule has 2 aromatic carbocycles. The van der Waals surface area contributed by atoms with Gasteiger partial charge in [-0.2, -0.15) is 0 Å². The molecule has 43 heavy (non-hydrogen) atoms. The van der Waals surface area contributed by atoms with Crippen molar-refractivity contribution in [3.05, 3.63) is 58.1 Å². The molecule has 5 rings (SSSR count). The molecule has 1 saturated carbocycles. The molecule has 2 aliphatic carbocycles. The van der Waals surface area contributed by atoms with E-state index < -0.39 is 16.3 Å². The van der Waals surface area contributed by atoms with Gasteiger partial charge in [-0.1, -0.05) is 24.6 Å². The number of anilines is 1. The van der Waals surface area contributed by atoms with Crippen LogP contribution in [0, 0.1) is 17.8 Å². The van der Waals surface area contributed by atoms with Gasteiger partial charge in [0.1, 0.15) is 5.75 Å². The predicted molar refractivity (Wildman–Crippen MR) is 169 cm³/mol. The molecule has 1 fully saturated rings. The zero-order valence-corrected chi connectivity index (χ0v) is 27.1. The number of rotatable bonds is 9. The van der Waals surface area contributed by atoms with Gasteiger partial charge in [0, 0.05) is 43.5 Å². The number of benzene rings is 2. The third kappa shape index (κ3) is 6.74. The summed E-state index contributed by atoms with van der Waals surface area (Å²) in [5.41, 5.74) is 3.74. The number of amides is 1. The van der Waals surface area contributed by atoms with E-state index in [1.54, 1.807) is 17.9 Å². The minimum absolute atomic E-state index is 0.00288. The molecule has 1 unspecified atom stereocenters. The average Bonchev–Trinajstić information content (AvgIpc) is 3.13. The largest absolute Gasteiger partial charge is 0.490 e. The Kier molecular flexibility index (Phi) is 9.73. The van der Waals surface area contributed by atoms with Crippen molar-refractivity contribution in [1.29, 1.82) is 0 Å². The highest BCUT2D eigenvalue weighted by Gasteiger charge is 2.43. The summed E-state index contributed by atoms with van der Waals surface area (Å²) in [6.45, 7) is 6.30. The highest BCUT2D eigenvalue weighted by atomic mass is 35.5. The highest BCUT2D eigenvalue weighted by Crippen LogP contribution is 2.46. The molecule has 0 saturated heterocycles. The fourth-order valence-corrected chi connectivity index (χ4v) is 7.70. The normalized spacial score (nSPS) is 24.8. The lowest BCUT2D eigenvalue weighted by Gasteiger charge is -2.45. The monoisotopic (exact) mass is 630 g/mol. The summed E-state index contributed by atoms with van der Waals surface area (Å²) in [5.74, 6) is 0.920. The third-order valence-electron chi connectivity index (χ3n) is 10.0. The van der Waals surface area contributed by atoms with E-state index in [0.717, 1.165) is 61.7 Å². The van der Waals surface area contributed by atoms with Gasteiger partial charge in [-0.3, -0.25) is 4.79 Å². The van der Waals surface area contributed by atoms with Crippen molar-refractivity contribution in [3.63, 3.8) is 0 Å². The van der Waals surface area contributed by atoms with Crippen LogP contribution in [0.5, 0.6) is 5.75 Å². The van der Waals surface area contributed by atoms with E-state index >= 15 is 0 Å². The minimum atomic E-state index is -1.95. The van der Waals surface area contributed by atoms with E-state index in [4.69, 9.17) is 21.1 Å². The van der Waals surface area contributed by atoms with Crippen molar-refractivity contribution in [3.8, 4) is 5.75 Å². The summed E-state index contributed by atoms with van der Waals surface area (Å²) >= 11 is 4.44. The van der Waals surface area contributed by atoms with Crippen LogP contribution in [-0.4, -0.2) is 71.2 Å². The Balaban J connectivity index is 1.38. The number of hydrogen-bond acceptors (Lipinski definition) is 6. The first-order valence-electron chi connectivity index (χ1n) is 15.2. The van der Waals surface area contributed by atoms with Crippen molar-refractivity contribution in [2.75, 3.05) is 45.3 Å². The molecule has 2 aromatic rings. The summed E-state index contributed by atoms with van der Waals surface area (Å²) in [5, 5.41) is 0.292. The number of halogens is 1. The second-order valence-corrected chi connectivity index (χ2v) is 14.5. The summed E-state index contributed by atoms with van der Waals surface area (Å²) in [6, 6.07) is 11.8. The van der Waals surface area contributed by atoms with Crippen LogP contribution in [-0.2, 0) is 32.4 Å². The SMILES string of the molecule is COC(=O)c1ccc2c(c1)N(C[C@@H]1CC[C@H]1CN(C)C(=O)C[C@H](C)[C@@H](C)S(=O)O)C[C@@]1(CCCc3cc(Cl)ccc31)CO2. The number of methoxy groups -OCH3 is 1. The molecule has 1 heterocycles. The maximum atomic E-state index is 13.0. The number of nitrogens with zero attached hydrogens (tertiary/aromatic N) is 2. The molecule has 10 heteroatoms. The molecular weight excluding hydrogens is 588 g/mol. The van der Waals surface area contributed by atoms with Gasteiger partial charge in [0.2, 0.25) is 5.91 Å². The average molecular weight is 631 g/mol. The minimum Gasteiger partial charge on any atom is -0.490 e. The van der Waals surface area contributed by atoms with Gasteiger partial charge < -0.3 is 23.8 Å². The van der Waals surface area contributed by atoms with Crippen molar-refractivity contribution in [2.45, 2.75) is 63.0 Å². The molecular formula is C33H43ClN2O6S. The van der Waals surface area contributed by atoms with Crippen LogP contribution < -0.4 is 9.64 Å². The summed E-state index contributed by atoms with van der Waals surface area (Å²) in [4.78, 5) is 29.7. The third-order valence-corrected chi connectivity index (χ3v) is 11.4. The van der Waals surface area contributed by atoms with E-state index in [1.165, 1.54) is 18.2 Å². The van der Waals surface area contributed by atoms with Crippen LogP contribution in [0.2, 0.25) is 5.02 Å². The molecule has 1 amide bonds. The number of fused-ring (bicyclic) bond motifs is 3. The lowest BCUT2D eigenvalue weighted by atomic mass is 9.69. The van der Waals surface area contributed by atoms with Gasteiger partial charge in [0.05, 0.1) is 30.2 Å². The number of hydrogen-bond donors (Lipinski definition) is 1. The van der Waals surface area contributed by atoms with Crippen LogP contribution >= 0.6 is 11.6 Å². The highest BCUT2D eigenvalue weighted by molar-refractivity contribution is 7.79. The van der Waals surface area contributed by atoms with Crippen LogP contribution in [0.4, 0.5) is 5.69 Å². The second-order valence-electron chi connectivity index (χ2n) is 12.8. The summed E-state index contributed by atoms with van der Waals surface area (Å²) in [6.07, 6.45) is 5.39. The maximum absolute atomic E-state index is 13.0. The van der Waals surface area contributed by atoms with Crippen molar-refractivity contribution >= 4 is 40.2 Å². The summed E-state index contributed by atoms with van der Waals surface area (Å²) in [7, 11) is 3.23. The quantitative estimate of drug-likeness (QED) is 0.280. The first-order valence-corrected chi connectivity index (χ1v) is 16.8. The van der Waals surface area contributed by atoms with E-state index in [9.17, 15) is 18.4 Å². The molecule has 8 nitrogen and oxygen atoms in total. The zero-order valence-electron chi connectivity index (χ0n) is 25.5. The maximum Gasteiger partial charge on any atom is 0.337 e. The van der Waals surface area contributed by atoms with Gasteiger partial charge in [0.25, 0.3) is 0 Å². The Bertz CT molecular complexity index is 1390. The van der Waals surface area contributed by atoms with Gasteiger partial charge in [-0.05, 0) is 98.2 Å². The fourth-order valence-electron chi connectivity index (χ4n) is 7.01. The molecule has 0 radical (unpaired) electrons. The number of carbonyl (C=O) groups excluding carboxylic acids is 2. The lowest BCUT2D eigenvalue weighted by Crippen LogP contribution is -2.49. The van der Waals surface area contributed by atoms with Crippen molar-refractivity contribution in [1.82, 2.24) is 4.90 Å². The van der Waals surface area contributed by atoms with Crippen LogP contribution in [0.15, 0.2) is 36.4 Å². The topological polar surface area (TPSA) is 96.4 Å². The number of carbonyl (C=O) groups is 2. The van der Waals surface area contributed by atoms with Crippen molar-refractivity contribution < 1.29 is 27.8 Å². The molecule has 234 valence electrons. The second kappa shape index (κ2) is 13.2. The Hall–Kier alpha value is -2.62. The molecule has 0 aromatic heterocycles. The first-order chi connectivity index (χ1) is 20.5. The molecule has 3 aliphatic rings. The molecule has 1 aliphatic heterocycles. The fraction of sp³-hybridized carbons (Fsp3) is 0.576. The first kappa shape index (κ1) is 31.8.